The molecule has 82 valence electrons. The Kier molecular flexibility index (Phi) is 5.65. The summed E-state index contributed by atoms with van der Waals surface area (Å²) in [7, 11) is 0. The van der Waals surface area contributed by atoms with Crippen molar-refractivity contribution >= 4 is 5.97 Å². The molecule has 2 heteroatoms. The third kappa shape index (κ3) is 4.12. The average Bonchev–Trinajstić information content (AvgIpc) is 2.20. The molecule has 0 aliphatic carbocycles. The second kappa shape index (κ2) is 6.86. The van der Waals surface area contributed by atoms with Crippen molar-refractivity contribution in [2.75, 3.05) is 6.61 Å². The van der Waals surface area contributed by atoms with E-state index in [9.17, 15) is 4.79 Å². The Morgan fingerprint density at radius 2 is 2.07 bits per heavy atom. The van der Waals surface area contributed by atoms with Gasteiger partial charge >= 0.3 is 5.97 Å². The summed E-state index contributed by atoms with van der Waals surface area (Å²) >= 11 is 0. The molecule has 0 spiro atoms. The minimum Gasteiger partial charge on any atom is -0.465 e. The fraction of sp³-hybridized carbons (Fsp3) is 0.917. The monoisotopic (exact) mass is 198 g/mol. The zero-order valence-electron chi connectivity index (χ0n) is 9.26. The SMILES string of the molecule is CCCCCCC[C@H]1CCCOC1=O. The molecule has 1 saturated heterocycles. The first-order valence-corrected chi connectivity index (χ1v) is 6.01. The van der Waals surface area contributed by atoms with Gasteiger partial charge in [-0.3, -0.25) is 4.79 Å². The Morgan fingerprint density at radius 3 is 2.79 bits per heavy atom. The first kappa shape index (κ1) is 11.5. The van der Waals surface area contributed by atoms with Crippen LogP contribution in [0.2, 0.25) is 0 Å². The quantitative estimate of drug-likeness (QED) is 0.483. The maximum atomic E-state index is 11.3. The Morgan fingerprint density at radius 1 is 1.29 bits per heavy atom. The molecule has 0 aromatic heterocycles. The average molecular weight is 198 g/mol. The van der Waals surface area contributed by atoms with Gasteiger partial charge in [-0.2, -0.15) is 0 Å². The van der Waals surface area contributed by atoms with Crippen LogP contribution in [0.4, 0.5) is 0 Å². The van der Waals surface area contributed by atoms with E-state index in [0.717, 1.165) is 19.3 Å². The van der Waals surface area contributed by atoms with E-state index < -0.39 is 0 Å². The first-order valence-electron chi connectivity index (χ1n) is 6.01. The molecular weight excluding hydrogens is 176 g/mol. The number of carbonyl (C=O) groups is 1. The van der Waals surface area contributed by atoms with Crippen molar-refractivity contribution in [1.29, 1.82) is 0 Å². The van der Waals surface area contributed by atoms with Crippen molar-refractivity contribution < 1.29 is 9.53 Å². The van der Waals surface area contributed by atoms with Crippen molar-refractivity contribution in [3.05, 3.63) is 0 Å². The standard InChI is InChI=1S/C12H22O2/c1-2-3-4-5-6-8-11-9-7-10-14-12(11)13/h11H,2-10H2,1H3/t11-/m0/s1. The van der Waals surface area contributed by atoms with Crippen LogP contribution in [0.15, 0.2) is 0 Å². The summed E-state index contributed by atoms with van der Waals surface area (Å²) in [4.78, 5) is 11.3. The van der Waals surface area contributed by atoms with Crippen LogP contribution in [-0.4, -0.2) is 12.6 Å². The van der Waals surface area contributed by atoms with Gasteiger partial charge in [-0.25, -0.2) is 0 Å². The third-order valence-corrected chi connectivity index (χ3v) is 2.93. The molecule has 1 fully saturated rings. The lowest BCUT2D eigenvalue weighted by Crippen LogP contribution is -2.23. The maximum absolute atomic E-state index is 11.3. The van der Waals surface area contributed by atoms with E-state index in [1.807, 2.05) is 0 Å². The summed E-state index contributed by atoms with van der Waals surface area (Å²) in [6.45, 7) is 2.86. The number of hydrogen-bond acceptors (Lipinski definition) is 2. The van der Waals surface area contributed by atoms with E-state index >= 15 is 0 Å². The molecule has 0 unspecified atom stereocenters. The van der Waals surface area contributed by atoms with Gasteiger partial charge in [-0.1, -0.05) is 39.0 Å². The van der Waals surface area contributed by atoms with Crippen LogP contribution in [-0.2, 0) is 9.53 Å². The van der Waals surface area contributed by atoms with E-state index in [1.165, 1.54) is 32.1 Å². The molecule has 0 N–H and O–H groups in total. The van der Waals surface area contributed by atoms with E-state index in [4.69, 9.17) is 4.74 Å². The lowest BCUT2D eigenvalue weighted by molar-refractivity contribution is -0.153. The minimum atomic E-state index is 0.0479. The zero-order valence-corrected chi connectivity index (χ0v) is 9.26. The molecular formula is C12H22O2. The van der Waals surface area contributed by atoms with Crippen molar-refractivity contribution in [2.45, 2.75) is 58.3 Å². The minimum absolute atomic E-state index is 0.0479. The molecule has 2 nitrogen and oxygen atoms in total. The number of esters is 1. The highest BCUT2D eigenvalue weighted by molar-refractivity contribution is 5.72. The fourth-order valence-electron chi connectivity index (χ4n) is 1.99. The summed E-state index contributed by atoms with van der Waals surface area (Å²) in [5.41, 5.74) is 0. The molecule has 0 radical (unpaired) electrons. The summed E-state index contributed by atoms with van der Waals surface area (Å²) in [6, 6.07) is 0. The van der Waals surface area contributed by atoms with Crippen molar-refractivity contribution in [3.63, 3.8) is 0 Å². The second-order valence-corrected chi connectivity index (χ2v) is 4.21. The van der Waals surface area contributed by atoms with Crippen LogP contribution in [0.25, 0.3) is 0 Å². The van der Waals surface area contributed by atoms with Gasteiger partial charge in [0.1, 0.15) is 0 Å². The van der Waals surface area contributed by atoms with Crippen LogP contribution in [0, 0.1) is 5.92 Å². The molecule has 1 aliphatic rings. The third-order valence-electron chi connectivity index (χ3n) is 2.93. The van der Waals surface area contributed by atoms with Gasteiger partial charge in [-0.05, 0) is 19.3 Å². The van der Waals surface area contributed by atoms with Gasteiger partial charge in [0.25, 0.3) is 0 Å². The molecule has 0 saturated carbocycles. The molecule has 0 aromatic rings. The van der Waals surface area contributed by atoms with Gasteiger partial charge in [0, 0.05) is 0 Å². The van der Waals surface area contributed by atoms with Gasteiger partial charge in [0.2, 0.25) is 0 Å². The summed E-state index contributed by atoms with van der Waals surface area (Å²) in [5, 5.41) is 0. The van der Waals surface area contributed by atoms with E-state index in [0.29, 0.717) is 6.61 Å². The molecule has 1 aliphatic heterocycles. The number of ether oxygens (including phenoxy) is 1. The van der Waals surface area contributed by atoms with E-state index in [2.05, 4.69) is 6.92 Å². The van der Waals surface area contributed by atoms with Crippen LogP contribution in [0.5, 0.6) is 0 Å². The van der Waals surface area contributed by atoms with Crippen LogP contribution in [0.3, 0.4) is 0 Å². The lowest BCUT2D eigenvalue weighted by Gasteiger charge is -2.20. The Balaban J connectivity index is 2.02. The molecule has 0 aromatic carbocycles. The van der Waals surface area contributed by atoms with Crippen LogP contribution in [0.1, 0.15) is 58.3 Å². The Hall–Kier alpha value is -0.530. The summed E-state index contributed by atoms with van der Waals surface area (Å²) in [6.07, 6.45) is 9.55. The maximum Gasteiger partial charge on any atom is 0.308 e. The molecule has 14 heavy (non-hydrogen) atoms. The molecule has 1 atom stereocenters. The molecule has 0 amide bonds. The normalized spacial score (nSPS) is 22.1. The number of hydrogen-bond donors (Lipinski definition) is 0. The van der Waals surface area contributed by atoms with E-state index in [1.54, 1.807) is 0 Å². The van der Waals surface area contributed by atoms with Gasteiger partial charge in [0.15, 0.2) is 0 Å². The number of rotatable bonds is 6. The predicted molar refractivity (Wildman–Crippen MR) is 57.1 cm³/mol. The fourth-order valence-corrected chi connectivity index (χ4v) is 1.99. The first-order chi connectivity index (χ1) is 6.84. The highest BCUT2D eigenvalue weighted by Crippen LogP contribution is 2.21. The molecule has 1 rings (SSSR count). The van der Waals surface area contributed by atoms with Gasteiger partial charge < -0.3 is 4.74 Å². The highest BCUT2D eigenvalue weighted by Gasteiger charge is 2.22. The Labute approximate surface area is 87.0 Å². The van der Waals surface area contributed by atoms with Gasteiger partial charge in [0.05, 0.1) is 12.5 Å². The topological polar surface area (TPSA) is 26.3 Å². The largest absolute Gasteiger partial charge is 0.465 e. The lowest BCUT2D eigenvalue weighted by atomic mass is 9.94. The van der Waals surface area contributed by atoms with Crippen LogP contribution >= 0.6 is 0 Å². The van der Waals surface area contributed by atoms with Crippen molar-refractivity contribution in [2.24, 2.45) is 5.92 Å². The number of carbonyl (C=O) groups excluding carboxylic acids is 1. The Bertz CT molecular complexity index is 166. The smallest absolute Gasteiger partial charge is 0.308 e. The molecule has 0 bridgehead atoms. The highest BCUT2D eigenvalue weighted by atomic mass is 16.5. The summed E-state index contributed by atoms with van der Waals surface area (Å²) < 4.78 is 5.03. The number of unbranched alkanes of at least 4 members (excludes halogenated alkanes) is 4. The summed E-state index contributed by atoms with van der Waals surface area (Å²) in [5.74, 6) is 0.261. The second-order valence-electron chi connectivity index (χ2n) is 4.21. The predicted octanol–water partition coefficient (Wildman–Crippen LogP) is 3.30. The zero-order chi connectivity index (χ0) is 10.2. The number of cyclic esters (lactones) is 1. The molecule has 1 heterocycles. The van der Waals surface area contributed by atoms with Gasteiger partial charge in [-0.15, -0.1) is 0 Å². The van der Waals surface area contributed by atoms with E-state index in [-0.39, 0.29) is 11.9 Å². The van der Waals surface area contributed by atoms with Crippen LogP contribution < -0.4 is 0 Å². The van der Waals surface area contributed by atoms with Crippen molar-refractivity contribution in [1.82, 2.24) is 0 Å². The van der Waals surface area contributed by atoms with Crippen molar-refractivity contribution in [3.8, 4) is 0 Å².